The molecule has 1 saturated heterocycles. The molecule has 1 unspecified atom stereocenters. The van der Waals surface area contributed by atoms with Crippen LogP contribution in [0.3, 0.4) is 0 Å². The molecule has 1 aromatic heterocycles. The molecule has 2 N–H and O–H groups in total. The summed E-state index contributed by atoms with van der Waals surface area (Å²) < 4.78 is 11.3. The number of benzene rings is 1. The van der Waals surface area contributed by atoms with Gasteiger partial charge in [-0.25, -0.2) is 0 Å². The third-order valence-electron chi connectivity index (χ3n) is 3.63. The molecule has 2 aromatic rings. The van der Waals surface area contributed by atoms with E-state index in [1.807, 2.05) is 37.3 Å². The van der Waals surface area contributed by atoms with E-state index in [2.05, 4.69) is 10.6 Å². The molecular formula is C17H20N2O3. The zero-order valence-corrected chi connectivity index (χ0v) is 12.6. The Morgan fingerprint density at radius 3 is 2.91 bits per heavy atom. The number of carbonyl (C=O) groups is 1. The van der Waals surface area contributed by atoms with Crippen molar-refractivity contribution in [3.8, 4) is 11.3 Å². The van der Waals surface area contributed by atoms with Gasteiger partial charge in [-0.15, -0.1) is 0 Å². The molecule has 1 aromatic carbocycles. The van der Waals surface area contributed by atoms with Gasteiger partial charge in [-0.2, -0.15) is 0 Å². The average Bonchev–Trinajstić information content (AvgIpc) is 2.96. The lowest BCUT2D eigenvalue weighted by Gasteiger charge is -2.23. The van der Waals surface area contributed by atoms with E-state index in [1.54, 1.807) is 6.07 Å². The summed E-state index contributed by atoms with van der Waals surface area (Å²) in [6.07, 6.45) is 0.0193. The lowest BCUT2D eigenvalue weighted by Crippen LogP contribution is -2.45. The van der Waals surface area contributed by atoms with E-state index in [1.165, 1.54) is 0 Å². The number of furan rings is 1. The van der Waals surface area contributed by atoms with Crippen molar-refractivity contribution < 1.29 is 13.9 Å². The molecule has 5 heteroatoms. The van der Waals surface area contributed by atoms with Gasteiger partial charge in [0.15, 0.2) is 0 Å². The van der Waals surface area contributed by atoms with E-state index >= 15 is 0 Å². The maximum Gasteiger partial charge on any atom is 0.255 e. The quantitative estimate of drug-likeness (QED) is 0.906. The highest BCUT2D eigenvalue weighted by Crippen LogP contribution is 2.26. The predicted molar refractivity (Wildman–Crippen MR) is 83.8 cm³/mol. The van der Waals surface area contributed by atoms with Crippen LogP contribution in [0.2, 0.25) is 0 Å². The van der Waals surface area contributed by atoms with E-state index in [-0.39, 0.29) is 12.0 Å². The van der Waals surface area contributed by atoms with Crippen LogP contribution in [-0.4, -0.2) is 38.3 Å². The number of carbonyl (C=O) groups excluding carboxylic acids is 1. The summed E-state index contributed by atoms with van der Waals surface area (Å²) >= 11 is 0. The lowest BCUT2D eigenvalue weighted by atomic mass is 10.1. The summed E-state index contributed by atoms with van der Waals surface area (Å²) in [7, 11) is 0. The second-order valence-electron chi connectivity index (χ2n) is 5.37. The molecule has 0 saturated carbocycles. The molecule has 0 spiro atoms. The van der Waals surface area contributed by atoms with Gasteiger partial charge in [-0.05, 0) is 13.0 Å². The van der Waals surface area contributed by atoms with Crippen LogP contribution < -0.4 is 10.6 Å². The van der Waals surface area contributed by atoms with E-state index < -0.39 is 0 Å². The number of amides is 1. The molecule has 1 amide bonds. The second-order valence-corrected chi connectivity index (χ2v) is 5.37. The highest BCUT2D eigenvalue weighted by molar-refractivity contribution is 5.99. The minimum atomic E-state index is -0.134. The zero-order valence-electron chi connectivity index (χ0n) is 12.6. The summed E-state index contributed by atoms with van der Waals surface area (Å²) in [6, 6.07) is 11.4. The first kappa shape index (κ1) is 14.8. The monoisotopic (exact) mass is 300 g/mol. The molecule has 0 aliphatic carbocycles. The number of aryl methyl sites for hydroxylation is 1. The number of hydrogen-bond acceptors (Lipinski definition) is 4. The number of morpholine rings is 1. The first-order valence-corrected chi connectivity index (χ1v) is 7.50. The molecule has 1 aliphatic heterocycles. The fraction of sp³-hybridized carbons (Fsp3) is 0.353. The number of rotatable bonds is 4. The molecule has 1 aliphatic rings. The lowest BCUT2D eigenvalue weighted by molar-refractivity contribution is 0.0287. The van der Waals surface area contributed by atoms with Gasteiger partial charge in [0.1, 0.15) is 11.5 Å². The van der Waals surface area contributed by atoms with Crippen LogP contribution in [0.1, 0.15) is 16.1 Å². The van der Waals surface area contributed by atoms with Crippen molar-refractivity contribution in [3.63, 3.8) is 0 Å². The Bertz CT molecular complexity index is 631. The summed E-state index contributed by atoms with van der Waals surface area (Å²) in [6.45, 7) is 4.64. The Morgan fingerprint density at radius 1 is 1.36 bits per heavy atom. The molecular weight excluding hydrogens is 280 g/mol. The minimum absolute atomic E-state index is 0.0193. The van der Waals surface area contributed by atoms with Crippen molar-refractivity contribution in [2.24, 2.45) is 0 Å². The standard InChI is InChI=1S/C17H20N2O3/c1-12-9-15(16(22-12)13-5-3-2-4-6-13)17(20)19-11-14-10-18-7-8-21-14/h2-6,9,14,18H,7-8,10-11H2,1H3,(H,19,20). The van der Waals surface area contributed by atoms with Gasteiger partial charge in [0.05, 0.1) is 18.3 Å². The Balaban J connectivity index is 1.72. The molecule has 1 fully saturated rings. The first-order valence-electron chi connectivity index (χ1n) is 7.50. The van der Waals surface area contributed by atoms with Crippen LogP contribution in [0, 0.1) is 6.92 Å². The Labute approximate surface area is 129 Å². The van der Waals surface area contributed by atoms with Crippen molar-refractivity contribution in [1.82, 2.24) is 10.6 Å². The van der Waals surface area contributed by atoms with Crippen molar-refractivity contribution in [2.75, 3.05) is 26.2 Å². The fourth-order valence-corrected chi connectivity index (χ4v) is 2.54. The third kappa shape index (κ3) is 3.37. The molecule has 3 rings (SSSR count). The Hall–Kier alpha value is -2.11. The highest BCUT2D eigenvalue weighted by Gasteiger charge is 2.20. The average molecular weight is 300 g/mol. The highest BCUT2D eigenvalue weighted by atomic mass is 16.5. The van der Waals surface area contributed by atoms with Crippen LogP contribution >= 0.6 is 0 Å². The topological polar surface area (TPSA) is 63.5 Å². The SMILES string of the molecule is Cc1cc(C(=O)NCC2CNCCO2)c(-c2ccccc2)o1. The normalized spacial score (nSPS) is 18.1. The van der Waals surface area contributed by atoms with Gasteiger partial charge in [-0.3, -0.25) is 4.79 Å². The van der Waals surface area contributed by atoms with Gasteiger partial charge in [0, 0.05) is 25.2 Å². The fourth-order valence-electron chi connectivity index (χ4n) is 2.54. The van der Waals surface area contributed by atoms with Gasteiger partial charge in [-0.1, -0.05) is 30.3 Å². The molecule has 22 heavy (non-hydrogen) atoms. The molecule has 2 heterocycles. The van der Waals surface area contributed by atoms with Crippen molar-refractivity contribution in [3.05, 3.63) is 47.7 Å². The summed E-state index contributed by atoms with van der Waals surface area (Å²) in [5.74, 6) is 1.20. The Morgan fingerprint density at radius 2 is 2.18 bits per heavy atom. The van der Waals surface area contributed by atoms with Crippen molar-refractivity contribution >= 4 is 5.91 Å². The van der Waals surface area contributed by atoms with Crippen molar-refractivity contribution in [2.45, 2.75) is 13.0 Å². The Kier molecular flexibility index (Phi) is 4.56. The molecule has 5 nitrogen and oxygen atoms in total. The van der Waals surface area contributed by atoms with Crippen LogP contribution in [0.15, 0.2) is 40.8 Å². The minimum Gasteiger partial charge on any atom is -0.461 e. The van der Waals surface area contributed by atoms with Crippen LogP contribution in [0.25, 0.3) is 11.3 Å². The smallest absolute Gasteiger partial charge is 0.255 e. The number of ether oxygens (including phenoxy) is 1. The van der Waals surface area contributed by atoms with E-state index in [0.29, 0.717) is 24.5 Å². The maximum atomic E-state index is 12.4. The predicted octanol–water partition coefficient (Wildman–Crippen LogP) is 1.97. The molecule has 116 valence electrons. The zero-order chi connectivity index (χ0) is 15.4. The first-order chi connectivity index (χ1) is 10.7. The maximum absolute atomic E-state index is 12.4. The second kappa shape index (κ2) is 6.77. The molecule has 0 radical (unpaired) electrons. The van der Waals surface area contributed by atoms with Gasteiger partial charge in [0.2, 0.25) is 0 Å². The van der Waals surface area contributed by atoms with Gasteiger partial charge < -0.3 is 19.8 Å². The van der Waals surface area contributed by atoms with Crippen LogP contribution in [0.5, 0.6) is 0 Å². The third-order valence-corrected chi connectivity index (χ3v) is 3.63. The summed E-state index contributed by atoms with van der Waals surface area (Å²) in [5.41, 5.74) is 1.46. The van der Waals surface area contributed by atoms with Crippen LogP contribution in [0.4, 0.5) is 0 Å². The largest absolute Gasteiger partial charge is 0.461 e. The van der Waals surface area contributed by atoms with Gasteiger partial charge in [0.25, 0.3) is 5.91 Å². The molecule has 1 atom stereocenters. The summed E-state index contributed by atoms with van der Waals surface area (Å²) in [5, 5.41) is 6.17. The van der Waals surface area contributed by atoms with Crippen molar-refractivity contribution in [1.29, 1.82) is 0 Å². The number of hydrogen-bond donors (Lipinski definition) is 2. The van der Waals surface area contributed by atoms with E-state index in [0.717, 1.165) is 24.4 Å². The van der Waals surface area contributed by atoms with E-state index in [4.69, 9.17) is 9.15 Å². The summed E-state index contributed by atoms with van der Waals surface area (Å²) in [4.78, 5) is 12.4. The van der Waals surface area contributed by atoms with Crippen LogP contribution in [-0.2, 0) is 4.74 Å². The van der Waals surface area contributed by atoms with E-state index in [9.17, 15) is 4.79 Å². The van der Waals surface area contributed by atoms with Gasteiger partial charge >= 0.3 is 0 Å². The molecule has 0 bridgehead atoms. The number of nitrogens with one attached hydrogen (secondary N) is 2.